The summed E-state index contributed by atoms with van der Waals surface area (Å²) in [4.78, 5) is 22.7. The number of likely N-dealkylation sites (tertiary alicyclic amines) is 1. The summed E-state index contributed by atoms with van der Waals surface area (Å²) in [7, 11) is 1.50. The lowest BCUT2D eigenvalue weighted by atomic mass is 10.1. The Labute approximate surface area is 121 Å². The molecule has 7 heteroatoms. The molecule has 108 valence electrons. The summed E-state index contributed by atoms with van der Waals surface area (Å²) in [5.41, 5.74) is 2.30. The second-order valence-corrected chi connectivity index (χ2v) is 4.72. The molecule has 1 fully saturated rings. The Balaban J connectivity index is 1.70. The van der Waals surface area contributed by atoms with Gasteiger partial charge in [-0.05, 0) is 12.1 Å². The van der Waals surface area contributed by atoms with E-state index in [0.717, 1.165) is 11.3 Å². The molecule has 0 radical (unpaired) electrons. The molecule has 0 saturated carbocycles. The second kappa shape index (κ2) is 5.35. The van der Waals surface area contributed by atoms with Crippen molar-refractivity contribution >= 4 is 11.6 Å². The van der Waals surface area contributed by atoms with Crippen LogP contribution >= 0.6 is 0 Å². The summed E-state index contributed by atoms with van der Waals surface area (Å²) in [5, 5.41) is 7.65. The molecule has 1 aromatic carbocycles. The molecule has 1 aliphatic rings. The van der Waals surface area contributed by atoms with Crippen LogP contribution in [0.2, 0.25) is 0 Å². The van der Waals surface area contributed by atoms with Crippen LogP contribution in [-0.4, -0.2) is 46.9 Å². The van der Waals surface area contributed by atoms with E-state index in [1.807, 2.05) is 12.1 Å². The maximum atomic E-state index is 12.2. The predicted octanol–water partition coefficient (Wildman–Crippen LogP) is 1.50. The first kappa shape index (κ1) is 13.3. The summed E-state index contributed by atoms with van der Waals surface area (Å²) < 4.78 is 4.93. The van der Waals surface area contributed by atoms with Crippen molar-refractivity contribution in [1.82, 2.24) is 15.0 Å². The lowest BCUT2D eigenvalue weighted by Gasteiger charge is -2.31. The molecule has 1 saturated heterocycles. The number of nitrogens with zero attached hydrogens (tertiary/aromatic N) is 4. The van der Waals surface area contributed by atoms with Crippen molar-refractivity contribution in [3.05, 3.63) is 35.7 Å². The van der Waals surface area contributed by atoms with E-state index in [-0.39, 0.29) is 5.91 Å². The molecule has 0 N–H and O–H groups in total. The van der Waals surface area contributed by atoms with Crippen LogP contribution in [0.25, 0.3) is 11.4 Å². The minimum Gasteiger partial charge on any atom is -0.399 e. The minimum atomic E-state index is -0.0269. The van der Waals surface area contributed by atoms with Crippen LogP contribution in [0.15, 0.2) is 33.9 Å². The molecule has 0 bridgehead atoms. The van der Waals surface area contributed by atoms with Gasteiger partial charge < -0.3 is 14.3 Å². The fourth-order valence-electron chi connectivity index (χ4n) is 2.09. The highest BCUT2D eigenvalue weighted by atomic mass is 16.6. The number of oxime groups is 1. The Morgan fingerprint density at radius 1 is 1.33 bits per heavy atom. The molecule has 0 spiro atoms. The van der Waals surface area contributed by atoms with Crippen molar-refractivity contribution in [3.63, 3.8) is 0 Å². The molecular weight excluding hydrogens is 272 g/mol. The lowest BCUT2D eigenvalue weighted by molar-refractivity contribution is 0.0762. The Morgan fingerprint density at radius 3 is 2.62 bits per heavy atom. The van der Waals surface area contributed by atoms with Gasteiger partial charge in [0.1, 0.15) is 7.11 Å². The first-order valence-corrected chi connectivity index (χ1v) is 6.46. The summed E-state index contributed by atoms with van der Waals surface area (Å²) in [6.45, 7) is 2.76. The molecule has 0 unspecified atom stereocenters. The SMILES string of the molecule is CON=C1CN(C(=O)c2ccc(-c3noc(C)n3)cc2)C1. The fourth-order valence-corrected chi connectivity index (χ4v) is 2.09. The van der Waals surface area contributed by atoms with Gasteiger partial charge in [-0.3, -0.25) is 4.79 Å². The zero-order chi connectivity index (χ0) is 14.8. The van der Waals surface area contributed by atoms with Gasteiger partial charge in [-0.2, -0.15) is 4.98 Å². The molecule has 1 aromatic heterocycles. The molecule has 3 rings (SSSR count). The highest BCUT2D eigenvalue weighted by molar-refractivity contribution is 6.05. The smallest absolute Gasteiger partial charge is 0.254 e. The number of carbonyl (C=O) groups is 1. The van der Waals surface area contributed by atoms with E-state index in [9.17, 15) is 4.79 Å². The lowest BCUT2D eigenvalue weighted by Crippen LogP contribution is -2.50. The predicted molar refractivity (Wildman–Crippen MR) is 74.8 cm³/mol. The number of carbonyl (C=O) groups excluding carboxylic acids is 1. The molecule has 1 amide bonds. The van der Waals surface area contributed by atoms with Gasteiger partial charge in [0.2, 0.25) is 11.7 Å². The van der Waals surface area contributed by atoms with Crippen molar-refractivity contribution in [3.8, 4) is 11.4 Å². The third-order valence-electron chi connectivity index (χ3n) is 3.17. The molecule has 2 aromatic rings. The van der Waals surface area contributed by atoms with E-state index in [1.54, 1.807) is 24.0 Å². The molecule has 7 nitrogen and oxygen atoms in total. The highest BCUT2D eigenvalue weighted by Crippen LogP contribution is 2.18. The minimum absolute atomic E-state index is 0.0269. The van der Waals surface area contributed by atoms with E-state index >= 15 is 0 Å². The number of amides is 1. The monoisotopic (exact) mass is 286 g/mol. The van der Waals surface area contributed by atoms with Crippen molar-refractivity contribution in [2.24, 2.45) is 5.16 Å². The fraction of sp³-hybridized carbons (Fsp3) is 0.286. The number of hydrogen-bond donors (Lipinski definition) is 0. The Bertz CT molecular complexity index is 682. The molecule has 21 heavy (non-hydrogen) atoms. The van der Waals surface area contributed by atoms with E-state index in [2.05, 4.69) is 20.1 Å². The largest absolute Gasteiger partial charge is 0.399 e. The van der Waals surface area contributed by atoms with Crippen LogP contribution in [0.1, 0.15) is 16.2 Å². The standard InChI is InChI=1S/C14H14N4O3/c1-9-15-13(17-21-9)10-3-5-11(6-4-10)14(19)18-7-12(8-18)16-20-2/h3-6H,7-8H2,1-2H3. The third kappa shape index (κ3) is 2.62. The highest BCUT2D eigenvalue weighted by Gasteiger charge is 2.28. The van der Waals surface area contributed by atoms with Crippen LogP contribution in [-0.2, 0) is 4.84 Å². The van der Waals surface area contributed by atoms with Crippen molar-refractivity contribution in [2.45, 2.75) is 6.92 Å². The summed E-state index contributed by atoms with van der Waals surface area (Å²) in [6, 6.07) is 7.13. The topological polar surface area (TPSA) is 80.8 Å². The van der Waals surface area contributed by atoms with Gasteiger partial charge in [0.05, 0.1) is 18.8 Å². The number of rotatable bonds is 3. The van der Waals surface area contributed by atoms with Crippen LogP contribution < -0.4 is 0 Å². The van der Waals surface area contributed by atoms with E-state index in [0.29, 0.717) is 30.4 Å². The summed E-state index contributed by atoms with van der Waals surface area (Å²) in [6.07, 6.45) is 0. The zero-order valence-corrected chi connectivity index (χ0v) is 11.7. The molecule has 1 aliphatic heterocycles. The average Bonchev–Trinajstić information content (AvgIpc) is 2.88. The van der Waals surface area contributed by atoms with Crippen molar-refractivity contribution in [2.75, 3.05) is 20.2 Å². The average molecular weight is 286 g/mol. The maximum absolute atomic E-state index is 12.2. The number of aryl methyl sites for hydroxylation is 1. The van der Waals surface area contributed by atoms with Gasteiger partial charge in [-0.15, -0.1) is 0 Å². The number of aromatic nitrogens is 2. The van der Waals surface area contributed by atoms with Gasteiger partial charge in [0.25, 0.3) is 5.91 Å². The molecular formula is C14H14N4O3. The maximum Gasteiger partial charge on any atom is 0.254 e. The zero-order valence-electron chi connectivity index (χ0n) is 11.7. The molecule has 2 heterocycles. The van der Waals surface area contributed by atoms with Gasteiger partial charge in [0.15, 0.2) is 0 Å². The second-order valence-electron chi connectivity index (χ2n) is 4.72. The van der Waals surface area contributed by atoms with E-state index < -0.39 is 0 Å². The molecule has 0 atom stereocenters. The molecule has 0 aliphatic carbocycles. The van der Waals surface area contributed by atoms with Crippen LogP contribution in [0.4, 0.5) is 0 Å². The Kier molecular flexibility index (Phi) is 3.39. The van der Waals surface area contributed by atoms with Crippen molar-refractivity contribution in [1.29, 1.82) is 0 Å². The number of benzene rings is 1. The van der Waals surface area contributed by atoms with Crippen LogP contribution in [0.5, 0.6) is 0 Å². The summed E-state index contributed by atoms with van der Waals surface area (Å²) in [5.74, 6) is 1.00. The van der Waals surface area contributed by atoms with E-state index in [4.69, 9.17) is 4.52 Å². The quantitative estimate of drug-likeness (QED) is 0.799. The third-order valence-corrected chi connectivity index (χ3v) is 3.17. The number of hydrogen-bond acceptors (Lipinski definition) is 6. The summed E-state index contributed by atoms with van der Waals surface area (Å²) >= 11 is 0. The van der Waals surface area contributed by atoms with Gasteiger partial charge in [-0.25, -0.2) is 0 Å². The Hall–Kier alpha value is -2.70. The Morgan fingerprint density at radius 2 is 2.05 bits per heavy atom. The van der Waals surface area contributed by atoms with Gasteiger partial charge in [0, 0.05) is 18.1 Å². The van der Waals surface area contributed by atoms with Crippen LogP contribution in [0.3, 0.4) is 0 Å². The van der Waals surface area contributed by atoms with Gasteiger partial charge >= 0.3 is 0 Å². The first-order valence-electron chi connectivity index (χ1n) is 6.46. The first-order chi connectivity index (χ1) is 10.2. The van der Waals surface area contributed by atoms with Gasteiger partial charge in [-0.1, -0.05) is 22.4 Å². The van der Waals surface area contributed by atoms with E-state index in [1.165, 1.54) is 7.11 Å². The normalized spacial score (nSPS) is 13.8. The van der Waals surface area contributed by atoms with Crippen LogP contribution in [0, 0.1) is 6.92 Å². The van der Waals surface area contributed by atoms with Crippen molar-refractivity contribution < 1.29 is 14.2 Å².